The Morgan fingerprint density at radius 1 is 1.03 bits per heavy atom. The highest BCUT2D eigenvalue weighted by Crippen LogP contribution is 2.07. The Morgan fingerprint density at radius 2 is 1.68 bits per heavy atom. The van der Waals surface area contributed by atoms with Crippen LogP contribution in [0, 0.1) is 0 Å². The molecule has 34 heavy (non-hydrogen) atoms. The third-order valence-electron chi connectivity index (χ3n) is 5.40. The molecule has 4 unspecified atom stereocenters. The van der Waals surface area contributed by atoms with E-state index in [-0.39, 0.29) is 30.9 Å². The highest BCUT2D eigenvalue weighted by Gasteiger charge is 2.31. The molecule has 1 aromatic rings. The van der Waals surface area contributed by atoms with Gasteiger partial charge < -0.3 is 32.1 Å². The Hall–Kier alpha value is -3.12. The van der Waals surface area contributed by atoms with Gasteiger partial charge >= 0.3 is 5.97 Å². The molecule has 1 aliphatic rings. The fourth-order valence-corrected chi connectivity index (χ4v) is 3.78. The van der Waals surface area contributed by atoms with E-state index in [1.165, 1.54) is 0 Å². The number of nitrogens with two attached hydrogens (primary N) is 1. The monoisotopic (exact) mass is 493 g/mol. The van der Waals surface area contributed by atoms with E-state index in [1.807, 2.05) is 0 Å². The Labute approximate surface area is 203 Å². The maximum Gasteiger partial charge on any atom is 0.326 e. The molecule has 2 rings (SSSR count). The van der Waals surface area contributed by atoms with Crippen molar-refractivity contribution < 1.29 is 29.1 Å². The van der Waals surface area contributed by atoms with Gasteiger partial charge in [-0.1, -0.05) is 30.3 Å². The Kier molecular flexibility index (Phi) is 10.8. The van der Waals surface area contributed by atoms with Gasteiger partial charge in [0.1, 0.15) is 18.1 Å². The number of carbonyl (C=O) groups excluding carboxylic acids is 4. The smallest absolute Gasteiger partial charge is 0.326 e. The van der Waals surface area contributed by atoms with Crippen molar-refractivity contribution in [3.63, 3.8) is 0 Å². The molecule has 4 atom stereocenters. The zero-order valence-electron chi connectivity index (χ0n) is 18.7. The quantitative estimate of drug-likeness (QED) is 0.167. The molecule has 1 aliphatic heterocycles. The number of amides is 4. The number of benzene rings is 1. The van der Waals surface area contributed by atoms with Gasteiger partial charge in [-0.15, -0.1) is 0 Å². The van der Waals surface area contributed by atoms with E-state index in [0.717, 1.165) is 6.42 Å². The van der Waals surface area contributed by atoms with Crippen molar-refractivity contribution in [1.29, 1.82) is 0 Å². The largest absolute Gasteiger partial charge is 0.480 e. The molecule has 0 aromatic heterocycles. The first-order valence-electron chi connectivity index (χ1n) is 11.0. The van der Waals surface area contributed by atoms with Crippen molar-refractivity contribution in [1.82, 2.24) is 21.3 Å². The van der Waals surface area contributed by atoms with Crippen LogP contribution < -0.4 is 27.0 Å². The lowest BCUT2D eigenvalue weighted by Gasteiger charge is -2.24. The summed E-state index contributed by atoms with van der Waals surface area (Å²) >= 11 is 4.12. The van der Waals surface area contributed by atoms with Crippen molar-refractivity contribution in [2.75, 3.05) is 12.3 Å². The van der Waals surface area contributed by atoms with Crippen LogP contribution in [0.2, 0.25) is 0 Å². The molecule has 0 radical (unpaired) electrons. The molecule has 1 aromatic carbocycles. The summed E-state index contributed by atoms with van der Waals surface area (Å²) in [5.41, 5.74) is 5.89. The van der Waals surface area contributed by atoms with E-state index in [2.05, 4.69) is 33.9 Å². The predicted molar refractivity (Wildman–Crippen MR) is 127 cm³/mol. The van der Waals surface area contributed by atoms with Crippen LogP contribution in [0.5, 0.6) is 0 Å². The van der Waals surface area contributed by atoms with E-state index < -0.39 is 47.9 Å². The summed E-state index contributed by atoms with van der Waals surface area (Å²) in [6.07, 6.45) is 1.18. The summed E-state index contributed by atoms with van der Waals surface area (Å²) in [5.74, 6) is -3.77. The van der Waals surface area contributed by atoms with Crippen LogP contribution in [0.25, 0.3) is 0 Å². The van der Waals surface area contributed by atoms with Gasteiger partial charge in [0.05, 0.1) is 6.04 Å². The topological polar surface area (TPSA) is 180 Å². The van der Waals surface area contributed by atoms with Crippen LogP contribution in [0.1, 0.15) is 31.2 Å². The molecule has 186 valence electrons. The molecule has 0 aliphatic carbocycles. The molecule has 7 N–H and O–H groups in total. The second-order valence-electron chi connectivity index (χ2n) is 8.05. The maximum absolute atomic E-state index is 12.9. The average Bonchev–Trinajstić information content (AvgIpc) is 3.35. The molecule has 1 fully saturated rings. The Bertz CT molecular complexity index is 878. The SMILES string of the molecule is NC(=O)CCC(NC(=O)C(CS)NC(=O)C1CCCN1)C(=O)NC(Cc1ccccc1)C(=O)O. The summed E-state index contributed by atoms with van der Waals surface area (Å²) in [6.45, 7) is 0.707. The van der Waals surface area contributed by atoms with Crippen LogP contribution in [0.4, 0.5) is 0 Å². The predicted octanol–water partition coefficient (Wildman–Crippen LogP) is -1.28. The molecule has 0 saturated carbocycles. The molecule has 12 heteroatoms. The number of hydrogen-bond acceptors (Lipinski definition) is 7. The van der Waals surface area contributed by atoms with Gasteiger partial charge in [-0.05, 0) is 31.4 Å². The first kappa shape index (κ1) is 27.1. The van der Waals surface area contributed by atoms with Gasteiger partial charge in [0, 0.05) is 18.6 Å². The third kappa shape index (κ3) is 8.67. The van der Waals surface area contributed by atoms with Gasteiger partial charge in [-0.2, -0.15) is 12.6 Å². The first-order chi connectivity index (χ1) is 16.2. The summed E-state index contributed by atoms with van der Waals surface area (Å²) in [7, 11) is 0. The number of carbonyl (C=O) groups is 5. The van der Waals surface area contributed by atoms with Crippen LogP contribution in [0.15, 0.2) is 30.3 Å². The van der Waals surface area contributed by atoms with Gasteiger partial charge in [-0.25, -0.2) is 4.79 Å². The third-order valence-corrected chi connectivity index (χ3v) is 5.77. The van der Waals surface area contributed by atoms with E-state index in [4.69, 9.17) is 5.73 Å². The highest BCUT2D eigenvalue weighted by atomic mass is 32.1. The van der Waals surface area contributed by atoms with E-state index in [9.17, 15) is 29.1 Å². The number of carboxylic acid groups (broad SMARTS) is 1. The number of rotatable bonds is 13. The molecule has 11 nitrogen and oxygen atoms in total. The van der Waals surface area contributed by atoms with Gasteiger partial charge in [0.2, 0.25) is 23.6 Å². The van der Waals surface area contributed by atoms with Gasteiger partial charge in [-0.3, -0.25) is 19.2 Å². The number of thiol groups is 1. The zero-order chi connectivity index (χ0) is 25.1. The van der Waals surface area contributed by atoms with Crippen molar-refractivity contribution in [3.05, 3.63) is 35.9 Å². The maximum atomic E-state index is 12.9. The summed E-state index contributed by atoms with van der Waals surface area (Å²) in [5, 5.41) is 20.1. The number of primary amides is 1. The average molecular weight is 494 g/mol. The zero-order valence-corrected chi connectivity index (χ0v) is 19.6. The van der Waals surface area contributed by atoms with E-state index in [1.54, 1.807) is 30.3 Å². The lowest BCUT2D eigenvalue weighted by molar-refractivity contribution is -0.142. The first-order valence-corrected chi connectivity index (χ1v) is 11.6. The minimum atomic E-state index is -1.25. The lowest BCUT2D eigenvalue weighted by atomic mass is 10.0. The Balaban J connectivity index is 2.06. The second kappa shape index (κ2) is 13.6. The molecule has 0 spiro atoms. The van der Waals surface area contributed by atoms with Crippen molar-refractivity contribution in [3.8, 4) is 0 Å². The lowest BCUT2D eigenvalue weighted by Crippen LogP contribution is -2.57. The number of hydrogen-bond donors (Lipinski definition) is 7. The second-order valence-corrected chi connectivity index (χ2v) is 8.41. The highest BCUT2D eigenvalue weighted by molar-refractivity contribution is 7.80. The minimum Gasteiger partial charge on any atom is -0.480 e. The van der Waals surface area contributed by atoms with Crippen LogP contribution in [0.3, 0.4) is 0 Å². The molecular formula is C22H31N5O6S. The van der Waals surface area contributed by atoms with Crippen molar-refractivity contribution in [2.24, 2.45) is 5.73 Å². The van der Waals surface area contributed by atoms with Gasteiger partial charge in [0.25, 0.3) is 0 Å². The van der Waals surface area contributed by atoms with Crippen LogP contribution in [-0.2, 0) is 30.4 Å². The Morgan fingerprint density at radius 3 is 2.24 bits per heavy atom. The molecule has 1 saturated heterocycles. The normalized spacial score (nSPS) is 17.7. The van der Waals surface area contributed by atoms with E-state index >= 15 is 0 Å². The van der Waals surface area contributed by atoms with Crippen molar-refractivity contribution >= 4 is 42.2 Å². The number of aliphatic carboxylic acids is 1. The summed E-state index contributed by atoms with van der Waals surface area (Å²) in [6, 6.07) is 4.82. The van der Waals surface area contributed by atoms with Crippen molar-refractivity contribution in [2.45, 2.75) is 56.3 Å². The fraction of sp³-hybridized carbons (Fsp3) is 0.500. The van der Waals surface area contributed by atoms with Crippen LogP contribution in [-0.4, -0.2) is 71.2 Å². The summed E-state index contributed by atoms with van der Waals surface area (Å²) in [4.78, 5) is 61.0. The van der Waals surface area contributed by atoms with E-state index in [0.29, 0.717) is 18.5 Å². The van der Waals surface area contributed by atoms with Crippen LogP contribution >= 0.6 is 12.6 Å². The number of carboxylic acids is 1. The van der Waals surface area contributed by atoms with Gasteiger partial charge in [0.15, 0.2) is 0 Å². The summed E-state index contributed by atoms with van der Waals surface area (Å²) < 4.78 is 0. The molecule has 1 heterocycles. The molecular weight excluding hydrogens is 462 g/mol. The minimum absolute atomic E-state index is 0.0276. The standard InChI is InChI=1S/C22H31N5O6S/c23-18(28)9-8-15(20(30)26-16(22(32)33)11-13-5-2-1-3-6-13)25-21(31)17(12-34)27-19(29)14-7-4-10-24-14/h1-3,5-6,14-17,24,34H,4,7-12H2,(H2,23,28)(H,25,31)(H,26,30)(H,27,29)(H,32,33). The number of nitrogens with one attached hydrogen (secondary N) is 4. The molecule has 4 amide bonds. The fourth-order valence-electron chi connectivity index (χ4n) is 3.52. The molecule has 0 bridgehead atoms.